The lowest BCUT2D eigenvalue weighted by Crippen LogP contribution is -2.61. The van der Waals surface area contributed by atoms with E-state index in [9.17, 15) is 9.59 Å². The van der Waals surface area contributed by atoms with Gasteiger partial charge < -0.3 is 10.0 Å². The van der Waals surface area contributed by atoms with Crippen LogP contribution in [0.5, 0.6) is 0 Å². The molecule has 0 bridgehead atoms. The van der Waals surface area contributed by atoms with E-state index in [1.807, 2.05) is 34.6 Å². The van der Waals surface area contributed by atoms with Crippen LogP contribution in [0.25, 0.3) is 0 Å². The van der Waals surface area contributed by atoms with Crippen LogP contribution in [0.2, 0.25) is 0 Å². The van der Waals surface area contributed by atoms with Crippen molar-refractivity contribution < 1.29 is 14.7 Å². The fourth-order valence-electron chi connectivity index (χ4n) is 2.32. The SMILES string of the molecule is CC.CC.CC1=C(C(=O)O)N2C(=O)C(C)[C@H]2CC1. The number of allylic oxidation sites excluding steroid dienone is 1. The lowest BCUT2D eigenvalue weighted by Gasteiger charge is -2.48. The third kappa shape index (κ3) is 2.74. The van der Waals surface area contributed by atoms with E-state index < -0.39 is 5.97 Å². The Morgan fingerprint density at radius 2 is 1.78 bits per heavy atom. The lowest BCUT2D eigenvalue weighted by atomic mass is 9.80. The number of carboxylic acids is 1. The molecule has 1 unspecified atom stereocenters. The second-order valence-electron chi connectivity index (χ2n) is 4.04. The highest BCUT2D eigenvalue weighted by molar-refractivity contribution is 5.98. The summed E-state index contributed by atoms with van der Waals surface area (Å²) in [5.74, 6) is -1.03. The second kappa shape index (κ2) is 7.19. The van der Waals surface area contributed by atoms with Gasteiger partial charge >= 0.3 is 5.97 Å². The van der Waals surface area contributed by atoms with Crippen LogP contribution in [0.15, 0.2) is 11.3 Å². The number of hydrogen-bond donors (Lipinski definition) is 1. The minimum atomic E-state index is -0.979. The Kier molecular flexibility index (Phi) is 6.66. The first-order chi connectivity index (χ1) is 8.54. The second-order valence-corrected chi connectivity index (χ2v) is 4.04. The molecule has 2 rings (SSSR count). The van der Waals surface area contributed by atoms with Gasteiger partial charge in [-0.15, -0.1) is 0 Å². The van der Waals surface area contributed by atoms with E-state index in [0.29, 0.717) is 0 Å². The summed E-state index contributed by atoms with van der Waals surface area (Å²) < 4.78 is 0. The number of nitrogens with zero attached hydrogens (tertiary/aromatic N) is 1. The zero-order valence-corrected chi connectivity index (χ0v) is 12.3. The van der Waals surface area contributed by atoms with Gasteiger partial charge in [-0.2, -0.15) is 0 Å². The third-order valence-electron chi connectivity index (χ3n) is 3.20. The summed E-state index contributed by atoms with van der Waals surface area (Å²) in [4.78, 5) is 23.9. The van der Waals surface area contributed by atoms with Gasteiger partial charge in [-0.3, -0.25) is 4.79 Å². The molecule has 2 aliphatic rings. The summed E-state index contributed by atoms with van der Waals surface area (Å²) in [6.45, 7) is 11.7. The van der Waals surface area contributed by atoms with Crippen molar-refractivity contribution in [3.05, 3.63) is 11.3 Å². The van der Waals surface area contributed by atoms with E-state index in [1.165, 1.54) is 4.90 Å². The summed E-state index contributed by atoms with van der Waals surface area (Å²) in [5, 5.41) is 8.98. The summed E-state index contributed by atoms with van der Waals surface area (Å²) in [6.07, 6.45) is 1.69. The Bertz CT molecular complexity index is 347. The molecule has 1 N–H and O–H groups in total. The predicted octanol–water partition coefficient (Wildman–Crippen LogP) is 3.04. The van der Waals surface area contributed by atoms with Crippen molar-refractivity contribution in [2.24, 2.45) is 5.92 Å². The third-order valence-corrected chi connectivity index (χ3v) is 3.20. The maximum absolute atomic E-state index is 11.5. The van der Waals surface area contributed by atoms with Crippen molar-refractivity contribution in [3.63, 3.8) is 0 Å². The zero-order valence-electron chi connectivity index (χ0n) is 12.3. The molecule has 1 fully saturated rings. The normalized spacial score (nSPS) is 25.0. The van der Waals surface area contributed by atoms with Crippen molar-refractivity contribution in [1.82, 2.24) is 4.90 Å². The van der Waals surface area contributed by atoms with Gasteiger partial charge in [0.15, 0.2) is 0 Å². The van der Waals surface area contributed by atoms with E-state index in [-0.39, 0.29) is 23.6 Å². The zero-order chi connectivity index (χ0) is 14.5. The Balaban J connectivity index is 0.000000659. The van der Waals surface area contributed by atoms with E-state index in [0.717, 1.165) is 18.4 Å². The molecule has 104 valence electrons. The Morgan fingerprint density at radius 1 is 1.28 bits per heavy atom. The molecule has 0 saturated carbocycles. The number of β-lactam (4-membered cyclic amide) rings is 1. The quantitative estimate of drug-likeness (QED) is 0.733. The van der Waals surface area contributed by atoms with E-state index in [2.05, 4.69) is 0 Å². The molecule has 18 heavy (non-hydrogen) atoms. The van der Waals surface area contributed by atoms with Gasteiger partial charge in [0.2, 0.25) is 5.91 Å². The largest absolute Gasteiger partial charge is 0.477 e. The number of fused-ring (bicyclic) bond motifs is 1. The fraction of sp³-hybridized carbons (Fsp3) is 0.714. The molecule has 2 atom stereocenters. The van der Waals surface area contributed by atoms with Crippen molar-refractivity contribution in [2.45, 2.75) is 60.4 Å². The Labute approximate surface area is 110 Å². The van der Waals surface area contributed by atoms with Gasteiger partial charge in [-0.25, -0.2) is 4.79 Å². The van der Waals surface area contributed by atoms with Crippen LogP contribution < -0.4 is 0 Å². The van der Waals surface area contributed by atoms with Crippen LogP contribution in [0.3, 0.4) is 0 Å². The van der Waals surface area contributed by atoms with Crippen molar-refractivity contribution in [3.8, 4) is 0 Å². The molecule has 0 aliphatic carbocycles. The molecule has 0 aromatic rings. The van der Waals surface area contributed by atoms with Crippen LogP contribution in [0.1, 0.15) is 54.4 Å². The van der Waals surface area contributed by atoms with Crippen molar-refractivity contribution in [1.29, 1.82) is 0 Å². The molecule has 2 aliphatic heterocycles. The summed E-state index contributed by atoms with van der Waals surface area (Å²) >= 11 is 0. The average molecular weight is 255 g/mol. The number of aliphatic carboxylic acids is 1. The molecule has 0 aromatic heterocycles. The average Bonchev–Trinajstić information content (AvgIpc) is 2.41. The maximum Gasteiger partial charge on any atom is 0.352 e. The van der Waals surface area contributed by atoms with E-state index in [4.69, 9.17) is 5.11 Å². The molecule has 0 aromatic carbocycles. The monoisotopic (exact) mass is 255 g/mol. The summed E-state index contributed by atoms with van der Waals surface area (Å²) in [5.41, 5.74) is 1.03. The summed E-state index contributed by atoms with van der Waals surface area (Å²) in [6, 6.07) is 0.122. The van der Waals surface area contributed by atoms with Crippen molar-refractivity contribution in [2.75, 3.05) is 0 Å². The molecular weight excluding hydrogens is 230 g/mol. The first-order valence-electron chi connectivity index (χ1n) is 6.80. The standard InChI is InChI=1S/C10H13NO3.2C2H6/c1-5-3-4-7-6(2)9(12)11(7)8(5)10(13)14;2*1-2/h6-7H,3-4H2,1-2H3,(H,13,14);2*1-2H3/t6?,7-;;/m1../s1. The highest BCUT2D eigenvalue weighted by Gasteiger charge is 2.49. The van der Waals surface area contributed by atoms with Crippen molar-refractivity contribution >= 4 is 11.9 Å². The predicted molar refractivity (Wildman–Crippen MR) is 72.1 cm³/mol. The number of carboxylic acid groups (broad SMARTS) is 1. The number of carbonyl (C=O) groups is 2. The number of carbonyl (C=O) groups excluding carboxylic acids is 1. The van der Waals surface area contributed by atoms with Gasteiger partial charge in [-0.1, -0.05) is 34.6 Å². The number of hydrogen-bond acceptors (Lipinski definition) is 2. The number of rotatable bonds is 1. The molecule has 0 radical (unpaired) electrons. The van der Waals surface area contributed by atoms with Crippen LogP contribution in [-0.4, -0.2) is 27.9 Å². The molecule has 1 saturated heterocycles. The van der Waals surface area contributed by atoms with Crippen LogP contribution in [-0.2, 0) is 9.59 Å². The molecule has 2 heterocycles. The van der Waals surface area contributed by atoms with E-state index >= 15 is 0 Å². The minimum Gasteiger partial charge on any atom is -0.477 e. The van der Waals surface area contributed by atoms with Gasteiger partial charge in [0.1, 0.15) is 5.70 Å². The van der Waals surface area contributed by atoms with Crippen LogP contribution in [0, 0.1) is 5.92 Å². The molecule has 4 heteroatoms. The Hall–Kier alpha value is -1.32. The fourth-order valence-corrected chi connectivity index (χ4v) is 2.32. The van der Waals surface area contributed by atoms with Crippen LogP contribution >= 0.6 is 0 Å². The molecule has 4 nitrogen and oxygen atoms in total. The topological polar surface area (TPSA) is 57.6 Å². The smallest absolute Gasteiger partial charge is 0.352 e. The maximum atomic E-state index is 11.5. The summed E-state index contributed by atoms with van der Waals surface area (Å²) in [7, 11) is 0. The minimum absolute atomic E-state index is 0.00236. The first-order valence-corrected chi connectivity index (χ1v) is 6.80. The van der Waals surface area contributed by atoms with E-state index in [1.54, 1.807) is 6.92 Å². The van der Waals surface area contributed by atoms with Gasteiger partial charge in [0, 0.05) is 6.04 Å². The first kappa shape index (κ1) is 16.7. The number of amides is 1. The van der Waals surface area contributed by atoms with Gasteiger partial charge in [-0.05, 0) is 25.3 Å². The lowest BCUT2D eigenvalue weighted by molar-refractivity contribution is -0.157. The highest BCUT2D eigenvalue weighted by atomic mass is 16.4. The highest BCUT2D eigenvalue weighted by Crippen LogP contribution is 2.39. The molecule has 1 amide bonds. The molecular formula is C14H25NO3. The molecule has 0 spiro atoms. The Morgan fingerprint density at radius 3 is 2.22 bits per heavy atom. The van der Waals surface area contributed by atoms with Crippen LogP contribution in [0.4, 0.5) is 0 Å². The van der Waals surface area contributed by atoms with Gasteiger partial charge in [0.05, 0.1) is 5.92 Å². The van der Waals surface area contributed by atoms with Gasteiger partial charge in [0.25, 0.3) is 0 Å².